The van der Waals surface area contributed by atoms with Gasteiger partial charge in [-0.05, 0) is 65.7 Å². The first-order valence-electron chi connectivity index (χ1n) is 12.8. The number of halogens is 2. The molecule has 8 nitrogen and oxygen atoms in total. The normalized spacial score (nSPS) is 11.4. The van der Waals surface area contributed by atoms with Crippen molar-refractivity contribution >= 4 is 39.7 Å². The topological polar surface area (TPSA) is 88.1 Å². The lowest BCUT2D eigenvalue weighted by Gasteiger charge is -2.13. The van der Waals surface area contributed by atoms with Crippen LogP contribution in [0.1, 0.15) is 11.1 Å². The van der Waals surface area contributed by atoms with E-state index in [0.29, 0.717) is 45.1 Å². The van der Waals surface area contributed by atoms with E-state index in [1.165, 1.54) is 30.1 Å². The third kappa shape index (κ3) is 5.17. The zero-order valence-corrected chi connectivity index (χ0v) is 23.3. The Hall–Kier alpha value is -5.15. The van der Waals surface area contributed by atoms with Crippen LogP contribution in [0.15, 0.2) is 99.2 Å². The lowest BCUT2D eigenvalue weighted by atomic mass is 10.2. The standard InChI is InChI=1S/C32H23ClFN3O5/c1-39-26-8-5-9-27-23(26)16-29(42-27)31-36-25-7-4-3-6-22(25)32(38)37(31)35-17-20-14-24(33)30(28(15-20)40-2)41-18-19-10-12-21(34)13-11-19/h3-17H,18H2,1-2H3. The second-order valence-electron chi connectivity index (χ2n) is 9.25. The SMILES string of the molecule is COc1cc(C=Nn2c(-c3cc4c(OC)cccc4o3)nc3ccccc3c2=O)cc(Cl)c1OCc1ccc(F)cc1. The van der Waals surface area contributed by atoms with Gasteiger partial charge in [0.15, 0.2) is 17.3 Å². The largest absolute Gasteiger partial charge is 0.496 e. The highest BCUT2D eigenvalue weighted by Crippen LogP contribution is 2.37. The third-order valence-corrected chi connectivity index (χ3v) is 6.87. The first-order chi connectivity index (χ1) is 20.4. The molecule has 10 heteroatoms. The summed E-state index contributed by atoms with van der Waals surface area (Å²) in [6.45, 7) is 0.160. The number of aromatic nitrogens is 2. The number of para-hydroxylation sites is 1. The number of nitrogens with zero attached hydrogens (tertiary/aromatic N) is 3. The molecule has 2 heterocycles. The number of hydrogen-bond donors (Lipinski definition) is 0. The zero-order chi connectivity index (χ0) is 29.2. The predicted octanol–water partition coefficient (Wildman–Crippen LogP) is 7.08. The van der Waals surface area contributed by atoms with Gasteiger partial charge in [0.25, 0.3) is 5.56 Å². The maximum atomic E-state index is 13.6. The Morgan fingerprint density at radius 2 is 1.74 bits per heavy atom. The molecule has 6 aromatic rings. The number of methoxy groups -OCH3 is 2. The molecular formula is C32H23ClFN3O5. The first kappa shape index (κ1) is 27.0. The minimum absolute atomic E-state index is 0.160. The molecule has 0 fully saturated rings. The molecule has 0 unspecified atom stereocenters. The molecule has 0 atom stereocenters. The Labute approximate surface area is 244 Å². The van der Waals surface area contributed by atoms with Crippen LogP contribution in [0.25, 0.3) is 33.5 Å². The van der Waals surface area contributed by atoms with E-state index >= 15 is 0 Å². The third-order valence-electron chi connectivity index (χ3n) is 6.59. The van der Waals surface area contributed by atoms with E-state index in [1.807, 2.05) is 24.3 Å². The van der Waals surface area contributed by atoms with Gasteiger partial charge in [0, 0.05) is 0 Å². The van der Waals surface area contributed by atoms with E-state index < -0.39 is 0 Å². The summed E-state index contributed by atoms with van der Waals surface area (Å²) in [5, 5.41) is 5.90. The van der Waals surface area contributed by atoms with Gasteiger partial charge < -0.3 is 18.6 Å². The van der Waals surface area contributed by atoms with Gasteiger partial charge in [-0.3, -0.25) is 4.79 Å². The second kappa shape index (κ2) is 11.4. The summed E-state index contributed by atoms with van der Waals surface area (Å²) in [7, 11) is 3.07. The summed E-state index contributed by atoms with van der Waals surface area (Å²) in [6, 6.07) is 23.5. The Morgan fingerprint density at radius 3 is 2.52 bits per heavy atom. The Morgan fingerprint density at radius 1 is 0.952 bits per heavy atom. The van der Waals surface area contributed by atoms with E-state index in [1.54, 1.807) is 55.6 Å². The summed E-state index contributed by atoms with van der Waals surface area (Å²) in [5.74, 6) is 1.54. The average Bonchev–Trinajstić information content (AvgIpc) is 3.45. The van der Waals surface area contributed by atoms with Crippen LogP contribution in [-0.4, -0.2) is 30.1 Å². The van der Waals surface area contributed by atoms with Crippen LogP contribution < -0.4 is 19.8 Å². The highest BCUT2D eigenvalue weighted by atomic mass is 35.5. The molecule has 0 saturated carbocycles. The van der Waals surface area contributed by atoms with Gasteiger partial charge in [-0.2, -0.15) is 9.78 Å². The molecule has 0 aliphatic heterocycles. The fourth-order valence-corrected chi connectivity index (χ4v) is 4.80. The highest BCUT2D eigenvalue weighted by molar-refractivity contribution is 6.32. The van der Waals surface area contributed by atoms with E-state index in [9.17, 15) is 9.18 Å². The van der Waals surface area contributed by atoms with E-state index in [2.05, 4.69) is 5.10 Å². The van der Waals surface area contributed by atoms with Gasteiger partial charge in [0.1, 0.15) is 23.8 Å². The fourth-order valence-electron chi connectivity index (χ4n) is 4.53. The van der Waals surface area contributed by atoms with Gasteiger partial charge in [0.2, 0.25) is 5.82 Å². The summed E-state index contributed by atoms with van der Waals surface area (Å²) in [6.07, 6.45) is 1.47. The summed E-state index contributed by atoms with van der Waals surface area (Å²) >= 11 is 6.56. The van der Waals surface area contributed by atoms with Crippen LogP contribution in [0.2, 0.25) is 5.02 Å². The smallest absolute Gasteiger partial charge is 0.282 e. The van der Waals surface area contributed by atoms with Crippen LogP contribution in [0.4, 0.5) is 4.39 Å². The van der Waals surface area contributed by atoms with Crippen molar-refractivity contribution in [1.82, 2.24) is 9.66 Å². The molecule has 2 aromatic heterocycles. The maximum absolute atomic E-state index is 13.6. The molecule has 0 aliphatic rings. The fraction of sp³-hybridized carbons (Fsp3) is 0.0938. The molecule has 0 N–H and O–H groups in total. The lowest BCUT2D eigenvalue weighted by molar-refractivity contribution is 0.284. The molecule has 0 amide bonds. The summed E-state index contributed by atoms with van der Waals surface area (Å²) in [5.41, 5.74) is 2.01. The monoisotopic (exact) mass is 583 g/mol. The molecule has 210 valence electrons. The Bertz CT molecular complexity index is 2020. The summed E-state index contributed by atoms with van der Waals surface area (Å²) in [4.78, 5) is 18.3. The van der Waals surface area contributed by atoms with Gasteiger partial charge in [-0.15, -0.1) is 0 Å². The van der Waals surface area contributed by atoms with Crippen molar-refractivity contribution in [2.45, 2.75) is 6.61 Å². The molecule has 0 aliphatic carbocycles. The Kier molecular flexibility index (Phi) is 7.33. The number of fused-ring (bicyclic) bond motifs is 2. The zero-order valence-electron chi connectivity index (χ0n) is 22.5. The second-order valence-corrected chi connectivity index (χ2v) is 9.65. The number of hydrogen-bond acceptors (Lipinski definition) is 7. The van der Waals surface area contributed by atoms with E-state index in [0.717, 1.165) is 10.9 Å². The number of benzene rings is 4. The van der Waals surface area contributed by atoms with Crippen LogP contribution in [-0.2, 0) is 6.61 Å². The van der Waals surface area contributed by atoms with Crippen LogP contribution in [0, 0.1) is 5.82 Å². The van der Waals surface area contributed by atoms with Gasteiger partial charge >= 0.3 is 0 Å². The molecular weight excluding hydrogens is 561 g/mol. The quantitative estimate of drug-likeness (QED) is 0.178. The number of furan rings is 1. The Balaban J connectivity index is 1.40. The molecule has 0 radical (unpaired) electrons. The maximum Gasteiger partial charge on any atom is 0.282 e. The molecule has 0 bridgehead atoms. The molecule has 0 saturated heterocycles. The van der Waals surface area contributed by atoms with E-state index in [-0.39, 0.29) is 28.8 Å². The highest BCUT2D eigenvalue weighted by Gasteiger charge is 2.18. The van der Waals surface area contributed by atoms with Gasteiger partial charge in [-0.25, -0.2) is 9.37 Å². The first-order valence-corrected chi connectivity index (χ1v) is 13.2. The predicted molar refractivity (Wildman–Crippen MR) is 159 cm³/mol. The van der Waals surface area contributed by atoms with Crippen LogP contribution in [0.5, 0.6) is 17.2 Å². The molecule has 0 spiro atoms. The number of ether oxygens (including phenoxy) is 3. The minimum Gasteiger partial charge on any atom is -0.496 e. The van der Waals surface area contributed by atoms with Crippen molar-refractivity contribution in [1.29, 1.82) is 0 Å². The van der Waals surface area contributed by atoms with Crippen LogP contribution >= 0.6 is 11.6 Å². The summed E-state index contributed by atoms with van der Waals surface area (Å²) < 4.78 is 37.4. The molecule has 42 heavy (non-hydrogen) atoms. The van der Waals surface area contributed by atoms with Crippen molar-refractivity contribution in [2.24, 2.45) is 5.10 Å². The van der Waals surface area contributed by atoms with Crippen LogP contribution in [0.3, 0.4) is 0 Å². The van der Waals surface area contributed by atoms with Crippen molar-refractivity contribution < 1.29 is 23.0 Å². The molecule has 6 rings (SSSR count). The van der Waals surface area contributed by atoms with Crippen molar-refractivity contribution in [3.63, 3.8) is 0 Å². The van der Waals surface area contributed by atoms with Gasteiger partial charge in [0.05, 0.1) is 41.7 Å². The average molecular weight is 584 g/mol. The minimum atomic E-state index is -0.378. The lowest BCUT2D eigenvalue weighted by Crippen LogP contribution is -2.20. The van der Waals surface area contributed by atoms with Crippen molar-refractivity contribution in [3.8, 4) is 28.8 Å². The molecule has 4 aromatic carbocycles. The van der Waals surface area contributed by atoms with Crippen molar-refractivity contribution in [3.05, 3.63) is 117 Å². The van der Waals surface area contributed by atoms with Gasteiger partial charge in [-0.1, -0.05) is 41.9 Å². The van der Waals surface area contributed by atoms with Crippen molar-refractivity contribution in [2.75, 3.05) is 14.2 Å². The number of rotatable bonds is 8. The van der Waals surface area contributed by atoms with E-state index in [4.69, 9.17) is 35.2 Å².